The predicted molar refractivity (Wildman–Crippen MR) is 94.7 cm³/mol. The zero-order chi connectivity index (χ0) is 17.5. The van der Waals surface area contributed by atoms with E-state index >= 15 is 0 Å². The average Bonchev–Trinajstić information content (AvgIpc) is 2.72. The summed E-state index contributed by atoms with van der Waals surface area (Å²) in [6.45, 7) is 5.89. The molecule has 1 amide bonds. The van der Waals surface area contributed by atoms with E-state index in [4.69, 9.17) is 0 Å². The highest BCUT2D eigenvalue weighted by Crippen LogP contribution is 2.23. The van der Waals surface area contributed by atoms with Crippen molar-refractivity contribution in [3.63, 3.8) is 0 Å². The van der Waals surface area contributed by atoms with Gasteiger partial charge in [-0.3, -0.25) is 4.79 Å². The van der Waals surface area contributed by atoms with E-state index in [2.05, 4.69) is 4.98 Å². The molecule has 0 bridgehead atoms. The molecule has 130 valence electrons. The lowest BCUT2D eigenvalue weighted by atomic mass is 10.1. The second-order valence-corrected chi connectivity index (χ2v) is 8.43. The normalized spacial score (nSPS) is 17.2. The van der Waals surface area contributed by atoms with Gasteiger partial charge in [0.15, 0.2) is 0 Å². The van der Waals surface area contributed by atoms with Crippen LogP contribution in [0.4, 0.5) is 0 Å². The maximum absolute atomic E-state index is 12.8. The van der Waals surface area contributed by atoms with Crippen LogP contribution in [0, 0.1) is 13.8 Å². The van der Waals surface area contributed by atoms with E-state index in [1.807, 2.05) is 32.0 Å². The van der Waals surface area contributed by atoms with Crippen LogP contribution in [0.15, 0.2) is 18.2 Å². The number of rotatable bonds is 2. The molecule has 2 aromatic rings. The van der Waals surface area contributed by atoms with Gasteiger partial charge < -0.3 is 9.88 Å². The van der Waals surface area contributed by atoms with Crippen LogP contribution in [0.5, 0.6) is 0 Å². The Morgan fingerprint density at radius 1 is 1.12 bits per heavy atom. The Morgan fingerprint density at radius 3 is 2.58 bits per heavy atom. The van der Waals surface area contributed by atoms with Gasteiger partial charge in [-0.2, -0.15) is 0 Å². The van der Waals surface area contributed by atoms with Crippen LogP contribution in [0.1, 0.15) is 28.0 Å². The standard InChI is InChI=1S/C17H23N3O3S/c1-12-13(2)18-16-6-5-14(11-15(12)16)17(21)19-7-4-8-20(10-9-19)24(3,22)23/h5-6,11,18H,4,7-10H2,1-3H3. The number of H-pyrrole nitrogens is 1. The first kappa shape index (κ1) is 17.0. The summed E-state index contributed by atoms with van der Waals surface area (Å²) in [5.41, 5.74) is 3.94. The van der Waals surface area contributed by atoms with Gasteiger partial charge in [0.05, 0.1) is 6.26 Å². The molecule has 2 heterocycles. The molecule has 1 aromatic heterocycles. The van der Waals surface area contributed by atoms with Gasteiger partial charge in [0.2, 0.25) is 10.0 Å². The van der Waals surface area contributed by atoms with Gasteiger partial charge in [0, 0.05) is 48.3 Å². The minimum atomic E-state index is -3.20. The topological polar surface area (TPSA) is 73.5 Å². The third-order valence-electron chi connectivity index (χ3n) is 4.77. The molecule has 0 spiro atoms. The quantitative estimate of drug-likeness (QED) is 0.900. The zero-order valence-corrected chi connectivity index (χ0v) is 15.1. The third-order valence-corrected chi connectivity index (χ3v) is 6.07. The first-order chi connectivity index (χ1) is 11.3. The maximum atomic E-state index is 12.8. The van der Waals surface area contributed by atoms with Crippen LogP contribution in [0.3, 0.4) is 0 Å². The molecule has 24 heavy (non-hydrogen) atoms. The van der Waals surface area contributed by atoms with Crippen LogP contribution in [0.2, 0.25) is 0 Å². The van der Waals surface area contributed by atoms with Gasteiger partial charge in [0.1, 0.15) is 0 Å². The van der Waals surface area contributed by atoms with Gasteiger partial charge >= 0.3 is 0 Å². The number of nitrogens with zero attached hydrogens (tertiary/aromatic N) is 2. The van der Waals surface area contributed by atoms with Gasteiger partial charge in [-0.1, -0.05) is 0 Å². The lowest BCUT2D eigenvalue weighted by Crippen LogP contribution is -2.36. The van der Waals surface area contributed by atoms with Gasteiger partial charge in [0.25, 0.3) is 5.91 Å². The van der Waals surface area contributed by atoms with Crippen LogP contribution in [0.25, 0.3) is 10.9 Å². The fourth-order valence-corrected chi connectivity index (χ4v) is 4.08. The van der Waals surface area contributed by atoms with Crippen molar-refractivity contribution in [2.24, 2.45) is 0 Å². The van der Waals surface area contributed by atoms with E-state index in [1.54, 1.807) is 4.90 Å². The monoisotopic (exact) mass is 349 g/mol. The molecule has 1 aliphatic heterocycles. The van der Waals surface area contributed by atoms with Crippen LogP contribution < -0.4 is 0 Å². The van der Waals surface area contributed by atoms with Crippen molar-refractivity contribution in [2.45, 2.75) is 20.3 Å². The van der Waals surface area contributed by atoms with Gasteiger partial charge in [-0.05, 0) is 44.0 Å². The Bertz CT molecular complexity index is 886. The number of aromatic amines is 1. The van der Waals surface area contributed by atoms with E-state index in [0.29, 0.717) is 38.2 Å². The molecule has 0 radical (unpaired) electrons. The zero-order valence-electron chi connectivity index (χ0n) is 14.3. The molecule has 0 atom stereocenters. The molecule has 1 fully saturated rings. The van der Waals surface area contributed by atoms with Crippen LogP contribution in [-0.4, -0.2) is 60.9 Å². The van der Waals surface area contributed by atoms with E-state index in [0.717, 1.165) is 22.2 Å². The highest BCUT2D eigenvalue weighted by atomic mass is 32.2. The lowest BCUT2D eigenvalue weighted by Gasteiger charge is -2.21. The minimum absolute atomic E-state index is 0.0366. The maximum Gasteiger partial charge on any atom is 0.253 e. The Kier molecular flexibility index (Phi) is 4.40. The number of aromatic nitrogens is 1. The van der Waals surface area contributed by atoms with Crippen molar-refractivity contribution in [1.29, 1.82) is 0 Å². The van der Waals surface area contributed by atoms with Gasteiger partial charge in [-0.15, -0.1) is 0 Å². The summed E-state index contributed by atoms with van der Waals surface area (Å²) in [5, 5.41) is 1.06. The number of nitrogens with one attached hydrogen (secondary N) is 1. The SMILES string of the molecule is Cc1[nH]c2ccc(C(=O)N3CCCN(S(C)(=O)=O)CC3)cc2c1C. The van der Waals surface area contributed by atoms with Gasteiger partial charge in [-0.25, -0.2) is 12.7 Å². The molecule has 1 aliphatic rings. The molecule has 0 aliphatic carbocycles. The molecule has 3 rings (SSSR count). The summed E-state index contributed by atoms with van der Waals surface area (Å²) in [7, 11) is -3.20. The Hall–Kier alpha value is -1.86. The fraction of sp³-hybridized carbons (Fsp3) is 0.471. The summed E-state index contributed by atoms with van der Waals surface area (Å²) in [5.74, 6) is -0.0366. The van der Waals surface area contributed by atoms with E-state index in [9.17, 15) is 13.2 Å². The van der Waals surface area contributed by atoms with E-state index in [-0.39, 0.29) is 5.91 Å². The largest absolute Gasteiger partial charge is 0.358 e. The fourth-order valence-electron chi connectivity index (χ4n) is 3.21. The van der Waals surface area contributed by atoms with Crippen molar-refractivity contribution < 1.29 is 13.2 Å². The summed E-state index contributed by atoms with van der Waals surface area (Å²) < 4.78 is 24.8. The molecule has 0 saturated carbocycles. The molecule has 1 saturated heterocycles. The van der Waals surface area contributed by atoms with Crippen molar-refractivity contribution >= 4 is 26.8 Å². The average molecular weight is 349 g/mol. The summed E-state index contributed by atoms with van der Waals surface area (Å²) in [6.07, 6.45) is 1.87. The smallest absolute Gasteiger partial charge is 0.253 e. The van der Waals surface area contributed by atoms with Crippen molar-refractivity contribution in [3.05, 3.63) is 35.0 Å². The Labute approximate surface area is 142 Å². The predicted octanol–water partition coefficient (Wildman–Crippen LogP) is 1.89. The van der Waals surface area contributed by atoms with Crippen molar-refractivity contribution in [1.82, 2.24) is 14.2 Å². The van der Waals surface area contributed by atoms with Crippen LogP contribution >= 0.6 is 0 Å². The molecule has 1 aromatic carbocycles. The molecule has 1 N–H and O–H groups in total. The number of amides is 1. The number of aryl methyl sites for hydroxylation is 2. The van der Waals surface area contributed by atoms with E-state index in [1.165, 1.54) is 10.6 Å². The number of benzene rings is 1. The molecular formula is C17H23N3O3S. The van der Waals surface area contributed by atoms with Crippen molar-refractivity contribution in [2.75, 3.05) is 32.4 Å². The number of hydrogen-bond donors (Lipinski definition) is 1. The highest BCUT2D eigenvalue weighted by Gasteiger charge is 2.24. The van der Waals surface area contributed by atoms with Crippen LogP contribution in [-0.2, 0) is 10.0 Å². The number of sulfonamides is 1. The summed E-state index contributed by atoms with van der Waals surface area (Å²) >= 11 is 0. The molecule has 6 nitrogen and oxygen atoms in total. The third kappa shape index (κ3) is 3.18. The first-order valence-electron chi connectivity index (χ1n) is 8.10. The summed E-state index contributed by atoms with van der Waals surface area (Å²) in [4.78, 5) is 17.9. The number of carbonyl (C=O) groups is 1. The molecular weight excluding hydrogens is 326 g/mol. The Balaban J connectivity index is 1.82. The number of carbonyl (C=O) groups excluding carboxylic acids is 1. The first-order valence-corrected chi connectivity index (χ1v) is 9.95. The molecule has 0 unspecified atom stereocenters. The Morgan fingerprint density at radius 2 is 1.88 bits per heavy atom. The number of fused-ring (bicyclic) bond motifs is 1. The second-order valence-electron chi connectivity index (χ2n) is 6.44. The number of hydrogen-bond acceptors (Lipinski definition) is 3. The van der Waals surface area contributed by atoms with Crippen molar-refractivity contribution in [3.8, 4) is 0 Å². The summed E-state index contributed by atoms with van der Waals surface area (Å²) in [6, 6.07) is 5.69. The minimum Gasteiger partial charge on any atom is -0.358 e. The highest BCUT2D eigenvalue weighted by molar-refractivity contribution is 7.88. The lowest BCUT2D eigenvalue weighted by molar-refractivity contribution is 0.0764. The van der Waals surface area contributed by atoms with E-state index < -0.39 is 10.0 Å². The molecule has 7 heteroatoms. The second kappa shape index (κ2) is 6.22.